The number of benzene rings is 7. The number of unbranched alkanes of at least 4 members (excludes halogenated alkanes) is 3. The van der Waals surface area contributed by atoms with Crippen molar-refractivity contribution >= 4 is 159 Å². The minimum absolute atomic E-state index is 0. The molecule has 0 amide bonds. The van der Waals surface area contributed by atoms with Crippen molar-refractivity contribution in [3.8, 4) is 12.1 Å². The van der Waals surface area contributed by atoms with E-state index in [-0.39, 0.29) is 183 Å². The zero-order valence-corrected chi connectivity index (χ0v) is 109. The second-order valence-electron chi connectivity index (χ2n) is 42.0. The SMILES string of the molecule is Br.CC(C)(C)S(=O)N=C(CCC1CC1)c1ccc(C#N)cc1.CC(C)(C)S(=O)NC(CCC1CC1)(c1ccc(C#N)cc1)c1ccc(F)c(N)c1.CC(C)(C)S(N)=O.CC(C)O.CC(C)O.CC(C)O.CC(C)O.CCC[CH2][SnH]([CH2]CCC)[CH2]CCC.CN(c1c[c-]ccc1F)[Si](C)(C)C.O=CC1CC1.[C-]#[N+]c1ccc(C(=O)/C=C/C2CC2)cc1.[C-]#[N+]c1ccc(C(=O)CCC2CC2)cc1.[C-]#[N+]c1ccc(C(C)=O)cc1.[H-].[K+].[Mg+2].[OH-].[Ti]. The summed E-state index contributed by atoms with van der Waals surface area (Å²) in [6, 6.07) is 51.6. The fraction of sp³-hybridized carbons (Fsp3) is 0.538. The Morgan fingerprint density at radius 1 is 0.580 bits per heavy atom. The van der Waals surface area contributed by atoms with E-state index < -0.39 is 77.1 Å². The van der Waals surface area contributed by atoms with Crippen LogP contribution in [0.5, 0.6) is 0 Å². The number of halogens is 3. The van der Waals surface area contributed by atoms with Crippen molar-refractivity contribution in [1.29, 1.82) is 10.5 Å². The Kier molecular flexibility index (Phi) is 87.3. The number of hydrogen-bond acceptors (Lipinski definition) is 16. The summed E-state index contributed by atoms with van der Waals surface area (Å²) in [7, 11) is -3.32. The molecule has 4 atom stereocenters. The van der Waals surface area contributed by atoms with Gasteiger partial charge in [0.25, 0.3) is 0 Å². The summed E-state index contributed by atoms with van der Waals surface area (Å²) in [5.41, 5.74) is 14.3. The number of rotatable bonds is 32. The summed E-state index contributed by atoms with van der Waals surface area (Å²) in [5, 5.41) is 55.3. The Hall–Kier alpha value is -5.68. The smallest absolute Gasteiger partial charge is 1.00 e. The maximum atomic E-state index is 13.9. The molecule has 0 aliphatic heterocycles. The van der Waals surface area contributed by atoms with Crippen LogP contribution in [-0.2, 0) is 65.0 Å². The number of allylic oxidation sites excluding steroid dienone is 2. The summed E-state index contributed by atoms with van der Waals surface area (Å²) in [6.07, 6.45) is 30.5. The maximum absolute atomic E-state index is 13.9. The van der Waals surface area contributed by atoms with Crippen molar-refractivity contribution < 1.29 is 141 Å². The van der Waals surface area contributed by atoms with E-state index in [0.29, 0.717) is 75.6 Å². The third-order valence-corrected chi connectivity index (χ3v) is 39.1. The summed E-state index contributed by atoms with van der Waals surface area (Å²) >= 11 is -0.967. The molecule has 150 heavy (non-hydrogen) atoms. The standard InChI is InChI=1S/C23H28FN3OS.C17H22N2OS.C13H13NO.C13H11NO.C10H15FNSi.C9H7NO.C4H11NOS.C4H6O.3C4H9.4C3H8O.BrH.K.Mg.H2O.Sn.Ti.2H/c1-22(2,3)29(28)27-23(13-12-16-4-5-16,18-8-6-17(15-25)7-9-18)19-10-11-20(24)21(26)14-19;1-17(2,3)21(20)19-16(11-8-13-4-5-13)15-9-6-14(12-18)7-10-15;2*1-14-12-7-5-11(6-8-12)13(15)9-4-10-2-3-10;1-12(13(2,3)4)10-8-6-5-7-9(10)11;1-7(11)8-3-5-9(10-2)6-4-8;1-4(2,3)7(5)6;5-3-4-1-2-4;3*1-3-4-2;4*1-3(2)4;;;;;;;;/h6-11,14,16,27H,4-5,12-13,26H2,1-3H3;6-7,9-10,13H,4-5,8,11H2,1-3H3;5-8,10H,2-4,9H2;4-10H,2-3H2;5,7-8H,1-4H3;3-6H,1H3;5H2,1-3H3;3-4H,1-2H2;3*1,3-4H2,2H3;4*3-4H,1-2H3;1H;;;1H2;;;;/q;;;;-1;;;;;;;;;;;;+1;+2;;;;;-1/p-1/b;;;9-4+;;;;;;;;;;;;;;;;;;;. The number of nitriles is 2. The average Bonchev–Trinajstić information content (AvgIpc) is 1.69. The number of nitrogen functional groups attached to an aromatic ring is 1. The van der Waals surface area contributed by atoms with Crippen LogP contribution in [0.4, 0.5) is 37.2 Å². The third-order valence-electron chi connectivity index (χ3n) is 22.1. The molecule has 5 aliphatic rings. The Morgan fingerprint density at radius 3 is 1.27 bits per heavy atom. The number of carbonyl (C=O) groups is 4. The number of anilines is 2. The fourth-order valence-corrected chi connectivity index (χ4v) is 25.7. The summed E-state index contributed by atoms with van der Waals surface area (Å²) < 4.78 is 77.0. The number of aliphatic hydroxyl groups excluding tert-OH is 4. The van der Waals surface area contributed by atoms with Crippen molar-refractivity contribution in [2.45, 2.75) is 364 Å². The molecule has 33 heteroatoms. The molecule has 22 nitrogen and oxygen atoms in total. The van der Waals surface area contributed by atoms with Gasteiger partial charge in [-0.2, -0.15) is 33.1 Å². The van der Waals surface area contributed by atoms with Crippen LogP contribution in [-0.4, -0.2) is 165 Å². The molecular formula is C117H176BrF2KMgN10O12S3SiSnTi. The molecule has 12 rings (SSSR count). The molecule has 5 aliphatic carbocycles. The first-order valence-electron chi connectivity index (χ1n) is 51.1. The normalized spacial score (nSPS) is 13.8. The second-order valence-corrected chi connectivity index (χ2v) is 62.6. The number of nitrogens with zero attached hydrogens (tertiary/aromatic N) is 7. The first-order chi connectivity index (χ1) is 67.9. The molecule has 5 saturated carbocycles. The first-order valence-corrected chi connectivity index (χ1v) is 65.1. The van der Waals surface area contributed by atoms with Gasteiger partial charge in [-0.15, -0.1) is 23.0 Å². The number of carbonyl (C=O) groups excluding carboxylic acids is 4. The van der Waals surface area contributed by atoms with Gasteiger partial charge in [0.1, 0.15) is 31.3 Å². The summed E-state index contributed by atoms with van der Waals surface area (Å²) in [4.78, 5) is 53.4. The Balaban J connectivity index is -0.000000310. The van der Waals surface area contributed by atoms with E-state index in [1.807, 2.05) is 104 Å². The summed E-state index contributed by atoms with van der Waals surface area (Å²) in [5.74, 6) is 2.98. The van der Waals surface area contributed by atoms with E-state index in [4.69, 9.17) is 56.3 Å². The van der Waals surface area contributed by atoms with Crippen LogP contribution in [0.3, 0.4) is 0 Å². The van der Waals surface area contributed by atoms with E-state index in [2.05, 4.69) is 82.3 Å². The minimum atomic E-state index is -1.46. The fourth-order valence-electron chi connectivity index (χ4n) is 12.2. The van der Waals surface area contributed by atoms with E-state index in [9.17, 15) is 45.8 Å². The quantitative estimate of drug-likeness (QED) is 0.00392. The van der Waals surface area contributed by atoms with Gasteiger partial charge in [-0.25, -0.2) is 40.7 Å². The summed E-state index contributed by atoms with van der Waals surface area (Å²) in [6.45, 7) is 66.2. The minimum Gasteiger partial charge on any atom is -1.00 e. The van der Waals surface area contributed by atoms with Crippen molar-refractivity contribution in [2.75, 3.05) is 17.3 Å². The van der Waals surface area contributed by atoms with Gasteiger partial charge in [0.2, 0.25) is 0 Å². The molecule has 0 bridgehead atoms. The van der Waals surface area contributed by atoms with Crippen LogP contribution < -0.4 is 71.5 Å². The number of hydrogen-bond donors (Lipinski definition) is 7. The number of Topliss-reactive ketones (excluding diaryl/α,β-unsaturated/α-hetero) is 2. The zero-order valence-electron chi connectivity index (χ0n) is 95.7. The molecule has 0 aromatic heterocycles. The predicted octanol–water partition coefficient (Wildman–Crippen LogP) is 25.4. The average molecular weight is 2390 g/mol. The Labute approximate surface area is 1000 Å². The topological polar surface area (TPSA) is 371 Å². The zero-order chi connectivity index (χ0) is 110. The first kappa shape index (κ1) is 155. The van der Waals surface area contributed by atoms with Gasteiger partial charge in [-0.3, -0.25) is 19.5 Å². The molecule has 0 radical (unpaired) electrons. The molecule has 0 saturated heterocycles. The van der Waals surface area contributed by atoms with Gasteiger partial charge in [0.05, 0.1) is 96.1 Å². The van der Waals surface area contributed by atoms with Crippen LogP contribution in [0.15, 0.2) is 174 Å². The van der Waals surface area contributed by atoms with Crippen molar-refractivity contribution in [1.82, 2.24) is 4.72 Å². The van der Waals surface area contributed by atoms with Crippen molar-refractivity contribution in [3.63, 3.8) is 0 Å². The van der Waals surface area contributed by atoms with E-state index >= 15 is 0 Å². The van der Waals surface area contributed by atoms with Crippen LogP contribution >= 0.6 is 17.0 Å². The van der Waals surface area contributed by atoms with Crippen LogP contribution in [0.25, 0.3) is 14.5 Å². The number of nitrogens with two attached hydrogens (primary N) is 2. The largest absolute Gasteiger partial charge is 2.00 e. The van der Waals surface area contributed by atoms with Gasteiger partial charge < -0.3 is 42.4 Å². The van der Waals surface area contributed by atoms with Crippen LogP contribution in [0.1, 0.15) is 347 Å². The molecule has 7 aromatic carbocycles. The predicted molar refractivity (Wildman–Crippen MR) is 627 cm³/mol. The van der Waals surface area contributed by atoms with Gasteiger partial charge in [0, 0.05) is 81.0 Å². The molecule has 10 N–H and O–H groups in total. The number of aldehydes is 1. The number of nitrogens with one attached hydrogen (secondary N) is 1. The Bertz CT molecular complexity index is 5250. The van der Waals surface area contributed by atoms with E-state index in [0.717, 1.165) is 84.6 Å². The van der Waals surface area contributed by atoms with Crippen LogP contribution in [0, 0.1) is 89.7 Å². The molecule has 7 aromatic rings. The molecule has 4 unspecified atom stereocenters. The maximum Gasteiger partial charge on any atom is 2.00 e. The number of ketones is 3. The molecule has 0 heterocycles. The third kappa shape index (κ3) is 76.1. The van der Waals surface area contributed by atoms with Crippen molar-refractivity contribution in [2.24, 2.45) is 39.1 Å². The van der Waals surface area contributed by atoms with E-state index in [1.165, 1.54) is 109 Å². The van der Waals surface area contributed by atoms with Crippen LogP contribution in [0.2, 0.25) is 33.0 Å². The molecular weight excluding hydrogens is 2210 g/mol. The van der Waals surface area contributed by atoms with Gasteiger partial charge in [-0.1, -0.05) is 167 Å². The molecule has 0 spiro atoms. The monoisotopic (exact) mass is 2380 g/mol. The second kappa shape index (κ2) is 84.5. The Morgan fingerprint density at radius 2 is 0.947 bits per heavy atom. The van der Waals surface area contributed by atoms with Gasteiger partial charge >= 0.3 is 167 Å². The molecule has 5 fully saturated rings. The van der Waals surface area contributed by atoms with Gasteiger partial charge in [-0.05, 0) is 278 Å². The van der Waals surface area contributed by atoms with Gasteiger partial charge in [0.15, 0.2) is 34.4 Å². The number of aliphatic hydroxyl groups is 4. The van der Waals surface area contributed by atoms with E-state index in [1.54, 1.807) is 196 Å². The van der Waals surface area contributed by atoms with Crippen molar-refractivity contribution in [3.05, 3.63) is 266 Å². The molecule has 820 valence electrons.